The van der Waals surface area contributed by atoms with E-state index in [1.54, 1.807) is 7.05 Å². The van der Waals surface area contributed by atoms with E-state index in [9.17, 15) is 0 Å². The molecule has 0 saturated carbocycles. The summed E-state index contributed by atoms with van der Waals surface area (Å²) in [6, 6.07) is 9.67. The molecule has 0 aliphatic rings. The van der Waals surface area contributed by atoms with Crippen molar-refractivity contribution in [2.75, 3.05) is 7.05 Å². The van der Waals surface area contributed by atoms with Gasteiger partial charge < -0.3 is 5.73 Å². The maximum atomic E-state index is 5.87. The van der Waals surface area contributed by atoms with Gasteiger partial charge in [0.1, 0.15) is 5.17 Å². The highest BCUT2D eigenvalue weighted by Crippen LogP contribution is 2.16. The van der Waals surface area contributed by atoms with Crippen LogP contribution in [0.4, 0.5) is 0 Å². The molecular formula is C10H11ClN2. The molecule has 1 aromatic rings. The Labute approximate surface area is 82.7 Å². The molecule has 1 aromatic carbocycles. The minimum Gasteiger partial charge on any atom is -0.404 e. The van der Waals surface area contributed by atoms with E-state index in [1.807, 2.05) is 30.3 Å². The minimum absolute atomic E-state index is 0.425. The Morgan fingerprint density at radius 3 is 2.46 bits per heavy atom. The lowest BCUT2D eigenvalue weighted by Gasteiger charge is -2.03. The Balaban J connectivity index is 3.07. The maximum Gasteiger partial charge on any atom is 0.132 e. The molecule has 0 bridgehead atoms. The summed E-state index contributed by atoms with van der Waals surface area (Å²) in [6.07, 6.45) is 1.46. The van der Waals surface area contributed by atoms with Crippen LogP contribution >= 0.6 is 11.6 Å². The SMILES string of the molecule is CN=C(Cl)C(=CN)c1ccccc1. The molecule has 0 unspecified atom stereocenters. The summed E-state index contributed by atoms with van der Waals surface area (Å²) in [5, 5.41) is 0.425. The fourth-order valence-corrected chi connectivity index (χ4v) is 1.19. The Morgan fingerprint density at radius 2 is 2.00 bits per heavy atom. The number of aliphatic imine (C=N–C) groups is 1. The maximum absolute atomic E-state index is 5.87. The number of rotatable bonds is 2. The summed E-state index contributed by atoms with van der Waals surface area (Å²) >= 11 is 5.87. The topological polar surface area (TPSA) is 38.4 Å². The quantitative estimate of drug-likeness (QED) is 0.721. The second-order valence-electron chi connectivity index (χ2n) is 2.46. The monoisotopic (exact) mass is 194 g/mol. The number of allylic oxidation sites excluding steroid dienone is 1. The van der Waals surface area contributed by atoms with Crippen LogP contribution in [0, 0.1) is 0 Å². The van der Waals surface area contributed by atoms with Crippen LogP contribution in [0.2, 0.25) is 0 Å². The first kappa shape index (κ1) is 9.81. The zero-order valence-corrected chi connectivity index (χ0v) is 8.12. The van der Waals surface area contributed by atoms with Crippen LogP contribution < -0.4 is 5.73 Å². The van der Waals surface area contributed by atoms with Crippen LogP contribution in [0.5, 0.6) is 0 Å². The van der Waals surface area contributed by atoms with Crippen molar-refractivity contribution in [2.45, 2.75) is 0 Å². The van der Waals surface area contributed by atoms with Crippen LogP contribution in [-0.4, -0.2) is 12.2 Å². The molecule has 0 amide bonds. The zero-order chi connectivity index (χ0) is 9.68. The fraction of sp³-hybridized carbons (Fsp3) is 0.100. The van der Waals surface area contributed by atoms with E-state index < -0.39 is 0 Å². The van der Waals surface area contributed by atoms with Gasteiger partial charge >= 0.3 is 0 Å². The molecule has 13 heavy (non-hydrogen) atoms. The van der Waals surface area contributed by atoms with Gasteiger partial charge in [0.15, 0.2) is 0 Å². The van der Waals surface area contributed by atoms with E-state index in [-0.39, 0.29) is 0 Å². The van der Waals surface area contributed by atoms with Crippen molar-refractivity contribution in [3.05, 3.63) is 42.1 Å². The van der Waals surface area contributed by atoms with Crippen LogP contribution in [0.3, 0.4) is 0 Å². The number of benzene rings is 1. The number of halogens is 1. The van der Waals surface area contributed by atoms with Crippen LogP contribution in [0.25, 0.3) is 5.57 Å². The van der Waals surface area contributed by atoms with E-state index >= 15 is 0 Å². The van der Waals surface area contributed by atoms with Gasteiger partial charge in [-0.3, -0.25) is 4.99 Å². The third-order valence-corrected chi connectivity index (χ3v) is 2.04. The summed E-state index contributed by atoms with van der Waals surface area (Å²) in [6.45, 7) is 0. The van der Waals surface area contributed by atoms with Crippen molar-refractivity contribution in [3.63, 3.8) is 0 Å². The van der Waals surface area contributed by atoms with Gasteiger partial charge in [-0.1, -0.05) is 41.9 Å². The summed E-state index contributed by atoms with van der Waals surface area (Å²) in [5.74, 6) is 0. The third kappa shape index (κ3) is 2.33. The Hall–Kier alpha value is -1.28. The van der Waals surface area contributed by atoms with Crippen molar-refractivity contribution >= 4 is 22.3 Å². The molecule has 2 N–H and O–H groups in total. The standard InChI is InChI=1S/C10H11ClN2/c1-13-10(11)9(7-12)8-5-3-2-4-6-8/h2-7H,12H2,1H3. The first-order chi connectivity index (χ1) is 6.29. The van der Waals surface area contributed by atoms with Gasteiger partial charge in [0, 0.05) is 18.8 Å². The summed E-state index contributed by atoms with van der Waals surface area (Å²) < 4.78 is 0. The van der Waals surface area contributed by atoms with Crippen molar-refractivity contribution in [1.82, 2.24) is 0 Å². The van der Waals surface area contributed by atoms with Gasteiger partial charge in [0.25, 0.3) is 0 Å². The average Bonchev–Trinajstić information content (AvgIpc) is 2.20. The van der Waals surface area contributed by atoms with E-state index in [2.05, 4.69) is 4.99 Å². The van der Waals surface area contributed by atoms with Crippen LogP contribution in [0.1, 0.15) is 5.56 Å². The van der Waals surface area contributed by atoms with Crippen molar-refractivity contribution < 1.29 is 0 Å². The second kappa shape index (κ2) is 4.67. The molecule has 3 heteroatoms. The predicted octanol–water partition coefficient (Wildman–Crippen LogP) is 2.25. The van der Waals surface area contributed by atoms with E-state index in [1.165, 1.54) is 6.20 Å². The lowest BCUT2D eigenvalue weighted by atomic mass is 10.1. The number of hydrogen-bond acceptors (Lipinski definition) is 2. The molecule has 0 aromatic heterocycles. The van der Waals surface area contributed by atoms with Gasteiger partial charge in [-0.25, -0.2) is 0 Å². The molecule has 0 aliphatic heterocycles. The second-order valence-corrected chi connectivity index (χ2v) is 2.82. The Kier molecular flexibility index (Phi) is 3.53. The highest BCUT2D eigenvalue weighted by molar-refractivity contribution is 6.76. The van der Waals surface area contributed by atoms with Crippen molar-refractivity contribution in [1.29, 1.82) is 0 Å². The number of nitrogens with zero attached hydrogens (tertiary/aromatic N) is 1. The van der Waals surface area contributed by atoms with Gasteiger partial charge in [-0.05, 0) is 5.56 Å². The highest BCUT2D eigenvalue weighted by Gasteiger charge is 2.04. The normalized spacial score (nSPS) is 13.1. The van der Waals surface area contributed by atoms with E-state index in [0.29, 0.717) is 5.17 Å². The van der Waals surface area contributed by atoms with Gasteiger partial charge in [0.05, 0.1) is 0 Å². The summed E-state index contributed by atoms with van der Waals surface area (Å²) in [4.78, 5) is 3.87. The first-order valence-corrected chi connectivity index (χ1v) is 4.27. The molecular weight excluding hydrogens is 184 g/mol. The number of hydrogen-bond donors (Lipinski definition) is 1. The molecule has 68 valence electrons. The summed E-state index contributed by atoms with van der Waals surface area (Å²) in [5.41, 5.74) is 7.18. The Morgan fingerprint density at radius 1 is 1.38 bits per heavy atom. The molecule has 0 spiro atoms. The molecule has 0 atom stereocenters. The molecule has 2 nitrogen and oxygen atoms in total. The lowest BCUT2D eigenvalue weighted by molar-refractivity contribution is 1.46. The molecule has 0 saturated heterocycles. The lowest BCUT2D eigenvalue weighted by Crippen LogP contribution is -1.97. The first-order valence-electron chi connectivity index (χ1n) is 3.89. The Bertz CT molecular complexity index is 328. The van der Waals surface area contributed by atoms with Gasteiger partial charge in [-0.15, -0.1) is 0 Å². The molecule has 0 fully saturated rings. The highest BCUT2D eigenvalue weighted by atomic mass is 35.5. The summed E-state index contributed by atoms with van der Waals surface area (Å²) in [7, 11) is 1.63. The van der Waals surface area contributed by atoms with Crippen LogP contribution in [-0.2, 0) is 0 Å². The molecule has 1 rings (SSSR count). The zero-order valence-electron chi connectivity index (χ0n) is 7.37. The largest absolute Gasteiger partial charge is 0.404 e. The van der Waals surface area contributed by atoms with E-state index in [0.717, 1.165) is 11.1 Å². The molecule has 0 radical (unpaired) electrons. The molecule has 0 aliphatic carbocycles. The van der Waals surface area contributed by atoms with Crippen molar-refractivity contribution in [2.24, 2.45) is 10.7 Å². The van der Waals surface area contributed by atoms with Crippen LogP contribution in [0.15, 0.2) is 41.5 Å². The smallest absolute Gasteiger partial charge is 0.132 e. The van der Waals surface area contributed by atoms with Gasteiger partial charge in [0.2, 0.25) is 0 Å². The van der Waals surface area contributed by atoms with E-state index in [4.69, 9.17) is 17.3 Å². The minimum atomic E-state index is 0.425. The molecule has 0 heterocycles. The average molecular weight is 195 g/mol. The number of nitrogens with two attached hydrogens (primary N) is 1. The van der Waals surface area contributed by atoms with Crippen molar-refractivity contribution in [3.8, 4) is 0 Å². The fourth-order valence-electron chi connectivity index (χ4n) is 1.02. The predicted molar refractivity (Wildman–Crippen MR) is 57.8 cm³/mol. The van der Waals surface area contributed by atoms with Gasteiger partial charge in [-0.2, -0.15) is 0 Å². The third-order valence-electron chi connectivity index (χ3n) is 1.67.